The van der Waals surface area contributed by atoms with Crippen molar-refractivity contribution < 1.29 is 5.11 Å². The number of hydrogen-bond donors (Lipinski definition) is 1. The SMILES string of the molecule is O=c1c(O)cnc2ccccn12. The van der Waals surface area contributed by atoms with E-state index in [1.54, 1.807) is 24.4 Å². The van der Waals surface area contributed by atoms with Gasteiger partial charge >= 0.3 is 0 Å². The molecule has 0 radical (unpaired) electrons. The van der Waals surface area contributed by atoms with Gasteiger partial charge in [-0.25, -0.2) is 4.98 Å². The predicted molar refractivity (Wildman–Crippen MR) is 43.1 cm³/mol. The van der Waals surface area contributed by atoms with Crippen LogP contribution in [0.2, 0.25) is 0 Å². The Labute approximate surface area is 67.7 Å². The lowest BCUT2D eigenvalue weighted by atomic mass is 10.4. The average molecular weight is 162 g/mol. The number of aromatic nitrogens is 2. The second-order valence-corrected chi connectivity index (χ2v) is 2.38. The van der Waals surface area contributed by atoms with Gasteiger partial charge in [-0.15, -0.1) is 0 Å². The maximum atomic E-state index is 11.2. The van der Waals surface area contributed by atoms with Crippen LogP contribution in [0, 0.1) is 0 Å². The van der Waals surface area contributed by atoms with Crippen molar-refractivity contribution >= 4 is 5.65 Å². The van der Waals surface area contributed by atoms with Crippen molar-refractivity contribution in [2.45, 2.75) is 0 Å². The molecule has 0 aliphatic rings. The number of hydrogen-bond acceptors (Lipinski definition) is 3. The van der Waals surface area contributed by atoms with Gasteiger partial charge in [-0.1, -0.05) is 6.07 Å². The van der Waals surface area contributed by atoms with E-state index in [0.717, 1.165) is 6.20 Å². The zero-order chi connectivity index (χ0) is 8.55. The fourth-order valence-corrected chi connectivity index (χ4v) is 1.02. The lowest BCUT2D eigenvalue weighted by molar-refractivity contribution is 0.462. The van der Waals surface area contributed by atoms with E-state index in [2.05, 4.69) is 4.98 Å². The molecule has 2 heterocycles. The van der Waals surface area contributed by atoms with Crippen LogP contribution in [-0.2, 0) is 0 Å². The normalized spacial score (nSPS) is 10.3. The summed E-state index contributed by atoms with van der Waals surface area (Å²) in [5.41, 5.74) is 0.0842. The molecule has 4 heteroatoms. The maximum absolute atomic E-state index is 11.2. The Morgan fingerprint density at radius 2 is 2.25 bits per heavy atom. The summed E-state index contributed by atoms with van der Waals surface area (Å²) in [6.07, 6.45) is 2.71. The van der Waals surface area contributed by atoms with Gasteiger partial charge in [0.25, 0.3) is 5.56 Å². The fourth-order valence-electron chi connectivity index (χ4n) is 1.02. The zero-order valence-electron chi connectivity index (χ0n) is 6.14. The third-order valence-corrected chi connectivity index (χ3v) is 1.60. The molecule has 0 aliphatic heterocycles. The number of pyridine rings is 1. The molecule has 0 spiro atoms. The van der Waals surface area contributed by atoms with E-state index in [-0.39, 0.29) is 5.75 Å². The van der Waals surface area contributed by atoms with E-state index >= 15 is 0 Å². The summed E-state index contributed by atoms with van der Waals surface area (Å²) in [5, 5.41) is 9.02. The quantitative estimate of drug-likeness (QED) is 0.610. The standard InChI is InChI=1S/C8H6N2O2/c11-6-5-9-7-3-1-2-4-10(7)8(6)12/h1-5,11H. The number of fused-ring (bicyclic) bond motifs is 1. The molecule has 0 aliphatic carbocycles. The molecule has 0 saturated heterocycles. The Morgan fingerprint density at radius 1 is 1.42 bits per heavy atom. The summed E-state index contributed by atoms with van der Waals surface area (Å²) >= 11 is 0. The molecule has 4 nitrogen and oxygen atoms in total. The molecule has 0 aromatic carbocycles. The summed E-state index contributed by atoms with van der Waals surface area (Å²) in [4.78, 5) is 15.1. The Hall–Kier alpha value is -1.84. The molecule has 0 saturated carbocycles. The first-order valence-corrected chi connectivity index (χ1v) is 3.44. The molecule has 2 rings (SSSR count). The predicted octanol–water partition coefficient (Wildman–Crippen LogP) is 0.400. The summed E-state index contributed by atoms with van der Waals surface area (Å²) in [6.45, 7) is 0. The zero-order valence-corrected chi connectivity index (χ0v) is 6.14. The average Bonchev–Trinajstić information content (AvgIpc) is 2.12. The van der Waals surface area contributed by atoms with Gasteiger partial charge in [0.05, 0.1) is 6.20 Å². The minimum atomic E-state index is -0.444. The van der Waals surface area contributed by atoms with Crippen molar-refractivity contribution in [1.82, 2.24) is 9.38 Å². The van der Waals surface area contributed by atoms with Gasteiger partial charge in [0.15, 0.2) is 0 Å². The van der Waals surface area contributed by atoms with Gasteiger partial charge in [0, 0.05) is 6.20 Å². The smallest absolute Gasteiger partial charge is 0.300 e. The lowest BCUT2D eigenvalue weighted by Gasteiger charge is -1.97. The van der Waals surface area contributed by atoms with Gasteiger partial charge in [0.2, 0.25) is 5.75 Å². The van der Waals surface area contributed by atoms with Gasteiger partial charge in [-0.2, -0.15) is 0 Å². The number of nitrogens with zero attached hydrogens (tertiary/aromatic N) is 2. The topological polar surface area (TPSA) is 54.6 Å². The minimum absolute atomic E-state index is 0.335. The summed E-state index contributed by atoms with van der Waals surface area (Å²) in [5.74, 6) is -0.335. The Bertz CT molecular complexity index is 476. The van der Waals surface area contributed by atoms with E-state index in [1.807, 2.05) is 0 Å². The highest BCUT2D eigenvalue weighted by Gasteiger charge is 1.99. The first-order chi connectivity index (χ1) is 5.79. The van der Waals surface area contributed by atoms with Gasteiger partial charge in [-0.05, 0) is 12.1 Å². The Kier molecular flexibility index (Phi) is 1.33. The van der Waals surface area contributed by atoms with Crippen LogP contribution in [0.1, 0.15) is 0 Å². The van der Waals surface area contributed by atoms with Crippen molar-refractivity contribution in [3.8, 4) is 5.75 Å². The van der Waals surface area contributed by atoms with Gasteiger partial charge in [-0.3, -0.25) is 9.20 Å². The van der Waals surface area contributed by atoms with Gasteiger partial charge in [0.1, 0.15) is 5.65 Å². The second kappa shape index (κ2) is 2.34. The monoisotopic (exact) mass is 162 g/mol. The lowest BCUT2D eigenvalue weighted by Crippen LogP contribution is -2.12. The van der Waals surface area contributed by atoms with Crippen LogP contribution >= 0.6 is 0 Å². The van der Waals surface area contributed by atoms with Crippen molar-refractivity contribution in [1.29, 1.82) is 0 Å². The number of aromatic hydroxyl groups is 1. The molecule has 0 bridgehead atoms. The third kappa shape index (κ3) is 0.852. The maximum Gasteiger partial charge on any atom is 0.300 e. The van der Waals surface area contributed by atoms with Crippen LogP contribution in [0.25, 0.3) is 5.65 Å². The van der Waals surface area contributed by atoms with Crippen molar-refractivity contribution in [3.05, 3.63) is 40.9 Å². The molecule has 2 aromatic heterocycles. The van der Waals surface area contributed by atoms with Crippen LogP contribution in [-0.4, -0.2) is 14.5 Å². The van der Waals surface area contributed by atoms with E-state index < -0.39 is 5.56 Å². The molecule has 0 fully saturated rings. The molecule has 0 unspecified atom stereocenters. The highest BCUT2D eigenvalue weighted by molar-refractivity contribution is 5.38. The molecular formula is C8H6N2O2. The Balaban J connectivity index is 3.01. The molecular weight excluding hydrogens is 156 g/mol. The fraction of sp³-hybridized carbons (Fsp3) is 0. The number of rotatable bonds is 0. The molecule has 0 amide bonds. The van der Waals surface area contributed by atoms with Crippen LogP contribution in [0.3, 0.4) is 0 Å². The first-order valence-electron chi connectivity index (χ1n) is 3.44. The Morgan fingerprint density at radius 3 is 3.08 bits per heavy atom. The van der Waals surface area contributed by atoms with Crippen molar-refractivity contribution in [3.63, 3.8) is 0 Å². The van der Waals surface area contributed by atoms with Crippen molar-refractivity contribution in [2.75, 3.05) is 0 Å². The summed E-state index contributed by atoms with van der Waals surface area (Å²) in [6, 6.07) is 5.18. The van der Waals surface area contributed by atoms with E-state index in [1.165, 1.54) is 4.40 Å². The molecule has 12 heavy (non-hydrogen) atoms. The van der Waals surface area contributed by atoms with Crippen LogP contribution in [0.5, 0.6) is 5.75 Å². The van der Waals surface area contributed by atoms with Crippen LogP contribution in [0.4, 0.5) is 0 Å². The highest BCUT2D eigenvalue weighted by atomic mass is 16.3. The molecule has 1 N–H and O–H groups in total. The van der Waals surface area contributed by atoms with E-state index in [9.17, 15) is 4.79 Å². The van der Waals surface area contributed by atoms with Gasteiger partial charge < -0.3 is 5.11 Å². The van der Waals surface area contributed by atoms with Crippen molar-refractivity contribution in [2.24, 2.45) is 0 Å². The largest absolute Gasteiger partial charge is 0.502 e. The van der Waals surface area contributed by atoms with Crippen LogP contribution in [0.15, 0.2) is 35.4 Å². The van der Waals surface area contributed by atoms with Crippen LogP contribution < -0.4 is 5.56 Å². The summed E-state index contributed by atoms with van der Waals surface area (Å²) < 4.78 is 1.29. The van der Waals surface area contributed by atoms with E-state index in [0.29, 0.717) is 5.65 Å². The summed E-state index contributed by atoms with van der Waals surface area (Å²) in [7, 11) is 0. The minimum Gasteiger partial charge on any atom is -0.502 e. The van der Waals surface area contributed by atoms with E-state index in [4.69, 9.17) is 5.11 Å². The second-order valence-electron chi connectivity index (χ2n) is 2.38. The first kappa shape index (κ1) is 6.84. The third-order valence-electron chi connectivity index (χ3n) is 1.60. The molecule has 60 valence electrons. The molecule has 2 aromatic rings. The highest BCUT2D eigenvalue weighted by Crippen LogP contribution is 2.00. The molecule has 0 atom stereocenters.